The number of nitrogens with one attached hydrogen (secondary N) is 2. The van der Waals surface area contributed by atoms with E-state index in [9.17, 15) is 9.59 Å². The molecule has 1 aliphatic rings. The van der Waals surface area contributed by atoms with Crippen molar-refractivity contribution in [2.24, 2.45) is 13.0 Å². The molecule has 10 nitrogen and oxygen atoms in total. The van der Waals surface area contributed by atoms with Crippen molar-refractivity contribution in [2.45, 2.75) is 12.8 Å². The number of amides is 1. The van der Waals surface area contributed by atoms with Crippen LogP contribution >= 0.6 is 0 Å². The summed E-state index contributed by atoms with van der Waals surface area (Å²) in [4.78, 5) is 29.8. The van der Waals surface area contributed by atoms with Crippen LogP contribution in [0.2, 0.25) is 0 Å². The summed E-state index contributed by atoms with van der Waals surface area (Å²) in [6, 6.07) is 7.16. The van der Waals surface area contributed by atoms with E-state index >= 15 is 0 Å². The number of H-pyrrole nitrogens is 1. The van der Waals surface area contributed by atoms with E-state index in [-0.39, 0.29) is 23.2 Å². The average molecular weight is 405 g/mol. The normalized spacial score (nSPS) is 13.5. The molecule has 1 aromatic carbocycles. The lowest BCUT2D eigenvalue weighted by atomic mass is 10.1. The second kappa shape index (κ2) is 6.83. The molecule has 1 aliphatic carbocycles. The Morgan fingerprint density at radius 2 is 2.13 bits per heavy atom. The lowest BCUT2D eigenvalue weighted by molar-refractivity contribution is -0.117. The van der Waals surface area contributed by atoms with Crippen molar-refractivity contribution in [2.75, 3.05) is 12.4 Å². The first kappa shape index (κ1) is 18.1. The van der Waals surface area contributed by atoms with E-state index in [2.05, 4.69) is 25.6 Å². The first-order valence-corrected chi connectivity index (χ1v) is 9.51. The summed E-state index contributed by atoms with van der Waals surface area (Å²) in [6.07, 6.45) is 4.97. The smallest absolute Gasteiger partial charge is 0.268 e. The summed E-state index contributed by atoms with van der Waals surface area (Å²) in [5.74, 6) is 1.09. The molecular weight excluding hydrogens is 386 g/mol. The fourth-order valence-electron chi connectivity index (χ4n) is 3.44. The third-order valence-corrected chi connectivity index (χ3v) is 5.11. The molecule has 4 aromatic rings. The van der Waals surface area contributed by atoms with E-state index in [1.54, 1.807) is 36.4 Å². The van der Waals surface area contributed by atoms with Crippen molar-refractivity contribution < 1.29 is 9.53 Å². The van der Waals surface area contributed by atoms with Gasteiger partial charge in [-0.2, -0.15) is 10.2 Å². The van der Waals surface area contributed by atoms with Crippen LogP contribution in [0.25, 0.3) is 28.0 Å². The van der Waals surface area contributed by atoms with Gasteiger partial charge in [0.15, 0.2) is 17.4 Å². The summed E-state index contributed by atoms with van der Waals surface area (Å²) in [7, 11) is 3.32. The van der Waals surface area contributed by atoms with Gasteiger partial charge in [-0.15, -0.1) is 0 Å². The van der Waals surface area contributed by atoms with Gasteiger partial charge in [-0.25, -0.2) is 4.98 Å². The van der Waals surface area contributed by atoms with Gasteiger partial charge in [-0.05, 0) is 31.0 Å². The maximum Gasteiger partial charge on any atom is 0.268 e. The molecule has 1 amide bonds. The lowest BCUT2D eigenvalue weighted by Gasteiger charge is -2.14. The van der Waals surface area contributed by atoms with Gasteiger partial charge >= 0.3 is 0 Å². The van der Waals surface area contributed by atoms with Gasteiger partial charge in [0.25, 0.3) is 5.56 Å². The van der Waals surface area contributed by atoms with Crippen LogP contribution in [-0.4, -0.2) is 42.5 Å². The maximum atomic E-state index is 13.4. The summed E-state index contributed by atoms with van der Waals surface area (Å²) < 4.78 is 8.70. The zero-order valence-corrected chi connectivity index (χ0v) is 16.4. The summed E-state index contributed by atoms with van der Waals surface area (Å²) >= 11 is 0. The molecule has 10 heteroatoms. The Labute approximate surface area is 170 Å². The van der Waals surface area contributed by atoms with E-state index in [1.807, 2.05) is 12.1 Å². The van der Waals surface area contributed by atoms with Gasteiger partial charge in [0.2, 0.25) is 5.91 Å². The highest BCUT2D eigenvalue weighted by molar-refractivity contribution is 6.00. The number of rotatable bonds is 5. The molecule has 5 rings (SSSR count). The number of methoxy groups -OCH3 is 1. The Morgan fingerprint density at radius 1 is 1.30 bits per heavy atom. The number of hydrogen-bond donors (Lipinski definition) is 2. The third kappa shape index (κ3) is 2.93. The van der Waals surface area contributed by atoms with E-state index in [1.165, 1.54) is 11.7 Å². The molecule has 0 aliphatic heterocycles. The summed E-state index contributed by atoms with van der Waals surface area (Å²) in [5, 5.41) is 14.4. The van der Waals surface area contributed by atoms with Crippen LogP contribution in [0.1, 0.15) is 12.8 Å². The van der Waals surface area contributed by atoms with Crippen molar-refractivity contribution in [1.82, 2.24) is 29.5 Å². The number of nitrogens with zero attached hydrogens (tertiary/aromatic N) is 5. The molecular formula is C20H19N7O3. The maximum absolute atomic E-state index is 13.4. The van der Waals surface area contributed by atoms with E-state index in [4.69, 9.17) is 4.74 Å². The fourth-order valence-corrected chi connectivity index (χ4v) is 3.44. The molecule has 0 spiro atoms. The van der Waals surface area contributed by atoms with Crippen molar-refractivity contribution in [3.05, 3.63) is 47.1 Å². The van der Waals surface area contributed by atoms with Crippen LogP contribution in [-0.2, 0) is 11.8 Å². The predicted molar refractivity (Wildman–Crippen MR) is 110 cm³/mol. The number of aromatic amines is 1. The first-order chi connectivity index (χ1) is 14.6. The molecule has 152 valence electrons. The first-order valence-electron chi connectivity index (χ1n) is 9.51. The number of ether oxygens (including phenoxy) is 1. The molecule has 0 bridgehead atoms. The number of aromatic nitrogens is 6. The topological polar surface area (TPSA) is 120 Å². The van der Waals surface area contributed by atoms with Crippen molar-refractivity contribution in [1.29, 1.82) is 0 Å². The van der Waals surface area contributed by atoms with Crippen LogP contribution in [0, 0.1) is 5.92 Å². The molecule has 2 N–H and O–H groups in total. The Kier molecular flexibility index (Phi) is 4.12. The van der Waals surface area contributed by atoms with E-state index in [0.717, 1.165) is 12.8 Å². The van der Waals surface area contributed by atoms with E-state index < -0.39 is 0 Å². The minimum Gasteiger partial charge on any atom is -0.494 e. The number of hydrogen-bond acceptors (Lipinski definition) is 6. The number of fused-ring (bicyclic) bond motifs is 1. The number of aryl methyl sites for hydroxylation is 1. The summed E-state index contributed by atoms with van der Waals surface area (Å²) in [6.45, 7) is 0. The monoisotopic (exact) mass is 405 g/mol. The van der Waals surface area contributed by atoms with Crippen molar-refractivity contribution in [3.63, 3.8) is 0 Å². The zero-order valence-electron chi connectivity index (χ0n) is 16.4. The Bertz CT molecular complexity index is 1330. The number of pyridine rings is 1. The lowest BCUT2D eigenvalue weighted by Crippen LogP contribution is -2.20. The minimum atomic E-state index is -0.322. The fraction of sp³-hybridized carbons (Fsp3) is 0.250. The molecule has 0 atom stereocenters. The largest absolute Gasteiger partial charge is 0.494 e. The van der Waals surface area contributed by atoms with Gasteiger partial charge in [0, 0.05) is 19.2 Å². The highest BCUT2D eigenvalue weighted by Gasteiger charge is 2.30. The predicted octanol–water partition coefficient (Wildman–Crippen LogP) is 1.87. The molecule has 0 unspecified atom stereocenters. The van der Waals surface area contributed by atoms with Crippen LogP contribution < -0.4 is 15.6 Å². The van der Waals surface area contributed by atoms with E-state index in [0.29, 0.717) is 33.7 Å². The number of anilines is 1. The zero-order chi connectivity index (χ0) is 20.8. The van der Waals surface area contributed by atoms with Crippen molar-refractivity contribution in [3.8, 4) is 22.8 Å². The Morgan fingerprint density at radius 3 is 2.83 bits per heavy atom. The number of carbonyl (C=O) groups excluding carboxylic acids is 1. The SMILES string of the molecule is COc1c(-c2ncn(C)n2)cccc1-n1ccc2[nH]nc(NC(=O)C3CC3)c2c1=O. The Hall–Kier alpha value is -3.95. The number of para-hydroxylation sites is 1. The molecule has 30 heavy (non-hydrogen) atoms. The number of carbonyl (C=O) groups is 1. The van der Waals surface area contributed by atoms with Crippen LogP contribution in [0.15, 0.2) is 41.6 Å². The van der Waals surface area contributed by atoms with Crippen LogP contribution in [0.5, 0.6) is 5.75 Å². The molecule has 1 saturated carbocycles. The van der Waals surface area contributed by atoms with Crippen LogP contribution in [0.4, 0.5) is 5.82 Å². The standard InChI is InChI=1S/C20H19N7O3/c1-26-10-21-17(25-26)12-4-3-5-14(16(12)30-2)27-9-8-13-15(20(27)29)18(24-23-13)22-19(28)11-6-7-11/h3-5,8-11H,6-7H2,1-2H3,(H2,22,23,24,28). The van der Waals surface area contributed by atoms with Gasteiger partial charge in [0.1, 0.15) is 11.7 Å². The van der Waals surface area contributed by atoms with Gasteiger partial charge in [-0.3, -0.25) is 23.9 Å². The minimum absolute atomic E-state index is 0.00494. The molecule has 3 aromatic heterocycles. The summed E-state index contributed by atoms with van der Waals surface area (Å²) in [5.41, 5.74) is 1.42. The van der Waals surface area contributed by atoms with Crippen molar-refractivity contribution >= 4 is 22.6 Å². The Balaban J connectivity index is 1.65. The quantitative estimate of drug-likeness (QED) is 0.523. The highest BCUT2D eigenvalue weighted by Crippen LogP contribution is 2.34. The highest BCUT2D eigenvalue weighted by atomic mass is 16.5. The van der Waals surface area contributed by atoms with Gasteiger partial charge < -0.3 is 10.1 Å². The second-order valence-electron chi connectivity index (χ2n) is 7.22. The number of benzene rings is 1. The van der Waals surface area contributed by atoms with Gasteiger partial charge in [0.05, 0.1) is 23.9 Å². The molecule has 1 fully saturated rings. The van der Waals surface area contributed by atoms with Gasteiger partial charge in [-0.1, -0.05) is 6.07 Å². The van der Waals surface area contributed by atoms with Crippen LogP contribution in [0.3, 0.4) is 0 Å². The molecule has 3 heterocycles. The second-order valence-corrected chi connectivity index (χ2v) is 7.22. The third-order valence-electron chi connectivity index (χ3n) is 5.11. The average Bonchev–Trinajstić information content (AvgIpc) is 3.39. The molecule has 0 saturated heterocycles. The molecule has 0 radical (unpaired) electrons.